The minimum Gasteiger partial charge on any atom is -0.378 e. The number of carbonyl (C=O) groups excluding carboxylic acids is 1. The highest BCUT2D eigenvalue weighted by Crippen LogP contribution is 2.23. The first-order chi connectivity index (χ1) is 11.7. The minimum atomic E-state index is 0.145. The molecule has 4 heterocycles. The van der Waals surface area contributed by atoms with E-state index >= 15 is 0 Å². The van der Waals surface area contributed by atoms with Crippen LogP contribution in [0.3, 0.4) is 0 Å². The van der Waals surface area contributed by atoms with E-state index in [1.54, 1.807) is 0 Å². The van der Waals surface area contributed by atoms with Crippen LogP contribution in [0.15, 0.2) is 0 Å². The highest BCUT2D eigenvalue weighted by atomic mass is 16.5. The SMILES string of the molecule is CCc1nnc2n1CCN(C1CN(C(=O)C[C@H]3CCCCO3)C1)C2. The predicted octanol–water partition coefficient (Wildman–Crippen LogP) is 0.826. The Kier molecular flexibility index (Phi) is 4.54. The van der Waals surface area contributed by atoms with Gasteiger partial charge in [-0.25, -0.2) is 0 Å². The van der Waals surface area contributed by atoms with Crippen LogP contribution in [0, 0.1) is 0 Å². The molecule has 0 radical (unpaired) electrons. The lowest BCUT2D eigenvalue weighted by Gasteiger charge is -2.46. The monoisotopic (exact) mass is 333 g/mol. The van der Waals surface area contributed by atoms with Crippen LogP contribution in [0.2, 0.25) is 0 Å². The maximum absolute atomic E-state index is 12.4. The van der Waals surface area contributed by atoms with E-state index < -0.39 is 0 Å². The number of likely N-dealkylation sites (tertiary alicyclic amines) is 1. The Labute approximate surface area is 143 Å². The molecular weight excluding hydrogens is 306 g/mol. The van der Waals surface area contributed by atoms with Gasteiger partial charge in [0.1, 0.15) is 11.6 Å². The molecule has 7 nitrogen and oxygen atoms in total. The summed E-state index contributed by atoms with van der Waals surface area (Å²) >= 11 is 0. The molecule has 2 saturated heterocycles. The van der Waals surface area contributed by atoms with Crippen molar-refractivity contribution in [2.75, 3.05) is 26.2 Å². The van der Waals surface area contributed by atoms with Crippen molar-refractivity contribution in [3.63, 3.8) is 0 Å². The summed E-state index contributed by atoms with van der Waals surface area (Å²) in [6.07, 6.45) is 4.99. The van der Waals surface area contributed by atoms with Crippen molar-refractivity contribution in [1.29, 1.82) is 0 Å². The van der Waals surface area contributed by atoms with Crippen molar-refractivity contribution in [3.05, 3.63) is 11.6 Å². The van der Waals surface area contributed by atoms with E-state index in [1.807, 2.05) is 4.90 Å². The summed E-state index contributed by atoms with van der Waals surface area (Å²) in [6.45, 7) is 7.47. The Morgan fingerprint density at radius 2 is 2.12 bits per heavy atom. The summed E-state index contributed by atoms with van der Waals surface area (Å²) in [4.78, 5) is 16.8. The van der Waals surface area contributed by atoms with Crippen LogP contribution in [0.5, 0.6) is 0 Å². The topological polar surface area (TPSA) is 63.5 Å². The van der Waals surface area contributed by atoms with E-state index in [9.17, 15) is 4.79 Å². The number of amides is 1. The molecule has 3 aliphatic heterocycles. The van der Waals surface area contributed by atoms with E-state index in [0.717, 1.165) is 70.2 Å². The first-order valence-electron chi connectivity index (χ1n) is 9.29. The Balaban J connectivity index is 1.26. The molecule has 0 bridgehead atoms. The molecule has 7 heteroatoms. The van der Waals surface area contributed by atoms with Gasteiger partial charge in [-0.05, 0) is 19.3 Å². The summed E-state index contributed by atoms with van der Waals surface area (Å²) in [6, 6.07) is 0.469. The second-order valence-corrected chi connectivity index (χ2v) is 7.15. The number of fused-ring (bicyclic) bond motifs is 1. The molecule has 0 spiro atoms. The van der Waals surface area contributed by atoms with Gasteiger partial charge in [0, 0.05) is 45.2 Å². The number of rotatable bonds is 4. The number of aryl methyl sites for hydroxylation is 1. The van der Waals surface area contributed by atoms with Crippen LogP contribution >= 0.6 is 0 Å². The Hall–Kier alpha value is -1.47. The molecule has 1 amide bonds. The third kappa shape index (κ3) is 3.07. The Bertz CT molecular complexity index is 590. The van der Waals surface area contributed by atoms with Crippen molar-refractivity contribution in [2.24, 2.45) is 0 Å². The predicted molar refractivity (Wildman–Crippen MR) is 88.4 cm³/mol. The van der Waals surface area contributed by atoms with Crippen molar-refractivity contribution < 1.29 is 9.53 Å². The van der Waals surface area contributed by atoms with Crippen LogP contribution < -0.4 is 0 Å². The van der Waals surface area contributed by atoms with Gasteiger partial charge in [0.05, 0.1) is 19.1 Å². The number of carbonyl (C=O) groups is 1. The quantitative estimate of drug-likeness (QED) is 0.816. The number of nitrogens with zero attached hydrogens (tertiary/aromatic N) is 5. The Morgan fingerprint density at radius 3 is 2.88 bits per heavy atom. The molecule has 1 aromatic rings. The Morgan fingerprint density at radius 1 is 1.25 bits per heavy atom. The van der Waals surface area contributed by atoms with Crippen molar-refractivity contribution in [3.8, 4) is 0 Å². The van der Waals surface area contributed by atoms with Crippen molar-refractivity contribution in [2.45, 2.75) is 64.3 Å². The van der Waals surface area contributed by atoms with Gasteiger partial charge < -0.3 is 14.2 Å². The van der Waals surface area contributed by atoms with Gasteiger partial charge in [-0.15, -0.1) is 10.2 Å². The second kappa shape index (κ2) is 6.80. The maximum Gasteiger partial charge on any atom is 0.225 e. The van der Waals surface area contributed by atoms with Crippen LogP contribution in [0.25, 0.3) is 0 Å². The molecule has 0 aliphatic carbocycles. The molecular formula is C17H27N5O2. The second-order valence-electron chi connectivity index (χ2n) is 7.15. The normalized spacial score (nSPS) is 25.4. The van der Waals surface area contributed by atoms with Crippen LogP contribution in [0.1, 0.15) is 44.3 Å². The molecule has 0 saturated carbocycles. The molecule has 2 fully saturated rings. The van der Waals surface area contributed by atoms with Crippen molar-refractivity contribution >= 4 is 5.91 Å². The average molecular weight is 333 g/mol. The lowest BCUT2D eigenvalue weighted by Crippen LogP contribution is -2.62. The van der Waals surface area contributed by atoms with Crippen LogP contribution in [-0.4, -0.2) is 68.9 Å². The van der Waals surface area contributed by atoms with Gasteiger partial charge >= 0.3 is 0 Å². The lowest BCUT2D eigenvalue weighted by atomic mass is 10.0. The zero-order valence-corrected chi connectivity index (χ0v) is 14.5. The zero-order chi connectivity index (χ0) is 16.5. The largest absolute Gasteiger partial charge is 0.378 e. The molecule has 3 aliphatic rings. The molecule has 1 atom stereocenters. The van der Waals surface area contributed by atoms with E-state index in [2.05, 4.69) is 26.6 Å². The number of hydrogen-bond acceptors (Lipinski definition) is 5. The van der Waals surface area contributed by atoms with Gasteiger partial charge in [-0.3, -0.25) is 9.69 Å². The van der Waals surface area contributed by atoms with E-state index in [-0.39, 0.29) is 12.0 Å². The third-order valence-corrected chi connectivity index (χ3v) is 5.58. The first-order valence-corrected chi connectivity index (χ1v) is 9.29. The zero-order valence-electron chi connectivity index (χ0n) is 14.5. The number of aromatic nitrogens is 3. The standard InChI is InChI=1S/C17H27N5O2/c1-2-15-18-19-16-12-20(6-7-22(15)16)13-10-21(11-13)17(23)9-14-5-3-4-8-24-14/h13-14H,2-12H2,1H3/t14-/m1/s1. The highest BCUT2D eigenvalue weighted by Gasteiger charge is 2.37. The fourth-order valence-electron chi connectivity index (χ4n) is 3.99. The lowest BCUT2D eigenvalue weighted by molar-refractivity contribution is -0.143. The smallest absolute Gasteiger partial charge is 0.225 e. The maximum atomic E-state index is 12.4. The van der Waals surface area contributed by atoms with E-state index in [0.29, 0.717) is 12.5 Å². The van der Waals surface area contributed by atoms with E-state index in [1.165, 1.54) is 6.42 Å². The summed E-state index contributed by atoms with van der Waals surface area (Å²) in [5, 5.41) is 8.59. The summed E-state index contributed by atoms with van der Waals surface area (Å²) in [5.41, 5.74) is 0. The minimum absolute atomic E-state index is 0.145. The average Bonchev–Trinajstić information content (AvgIpc) is 2.97. The highest BCUT2D eigenvalue weighted by molar-refractivity contribution is 5.77. The summed E-state index contributed by atoms with van der Waals surface area (Å²) in [5.74, 6) is 2.41. The molecule has 24 heavy (non-hydrogen) atoms. The fraction of sp³-hybridized carbons (Fsp3) is 0.824. The van der Waals surface area contributed by atoms with Crippen LogP contribution in [0.4, 0.5) is 0 Å². The molecule has 1 aromatic heterocycles. The van der Waals surface area contributed by atoms with Gasteiger partial charge in [-0.1, -0.05) is 6.92 Å². The van der Waals surface area contributed by atoms with Crippen LogP contribution in [-0.2, 0) is 29.0 Å². The molecule has 0 aromatic carbocycles. The fourth-order valence-corrected chi connectivity index (χ4v) is 3.99. The number of hydrogen-bond donors (Lipinski definition) is 0. The van der Waals surface area contributed by atoms with Gasteiger partial charge in [0.15, 0.2) is 0 Å². The summed E-state index contributed by atoms with van der Waals surface area (Å²) in [7, 11) is 0. The van der Waals surface area contributed by atoms with Gasteiger partial charge in [0.25, 0.3) is 0 Å². The van der Waals surface area contributed by atoms with Gasteiger partial charge in [-0.2, -0.15) is 0 Å². The first kappa shape index (κ1) is 16.0. The molecule has 0 unspecified atom stereocenters. The molecule has 4 rings (SSSR count). The third-order valence-electron chi connectivity index (χ3n) is 5.58. The van der Waals surface area contributed by atoms with E-state index in [4.69, 9.17) is 4.74 Å². The summed E-state index contributed by atoms with van der Waals surface area (Å²) < 4.78 is 7.94. The van der Waals surface area contributed by atoms with Gasteiger partial charge in [0.2, 0.25) is 5.91 Å². The molecule has 132 valence electrons. The number of ether oxygens (including phenoxy) is 1. The van der Waals surface area contributed by atoms with Crippen molar-refractivity contribution in [1.82, 2.24) is 24.6 Å². The molecule has 0 N–H and O–H groups in total.